The van der Waals surface area contributed by atoms with Crippen molar-refractivity contribution in [3.8, 4) is 5.75 Å². The molecule has 8 heteroatoms. The van der Waals surface area contributed by atoms with E-state index in [1.54, 1.807) is 7.11 Å². The summed E-state index contributed by atoms with van der Waals surface area (Å²) in [7, 11) is 1.61. The van der Waals surface area contributed by atoms with E-state index in [4.69, 9.17) is 17.0 Å². The first-order valence-electron chi connectivity index (χ1n) is 11.0. The van der Waals surface area contributed by atoms with Crippen LogP contribution < -0.4 is 15.6 Å². The van der Waals surface area contributed by atoms with E-state index in [2.05, 4.69) is 29.1 Å². The smallest absolute Gasteiger partial charge is 0.278 e. The highest BCUT2D eigenvalue weighted by Crippen LogP contribution is 2.29. The number of rotatable bonds is 6. The molecule has 166 valence electrons. The standard InChI is InChI=1S/C23H30N4O3S/c1-13-6-4-7-17(14(13)2)24-19(28)8-5-11-27-22(29)21-20(26-23(27)31)16-12-15(30-3)9-10-18(16)25-21/h9-10,12-14,17,25H,4-8,11H2,1-3H3,(H,24,28)(H,26,31)/t13-,14+,17-/m1/s1. The van der Waals surface area contributed by atoms with Crippen molar-refractivity contribution in [3.63, 3.8) is 0 Å². The molecular formula is C23H30N4O3S. The van der Waals surface area contributed by atoms with Crippen molar-refractivity contribution < 1.29 is 9.53 Å². The SMILES string of the molecule is COc1ccc2[nH]c3c(=O)n(CCCC(=O)N[C@@H]4CCC[C@@H](C)[C@@H]4C)c(=S)[nH]c3c2c1. The van der Waals surface area contributed by atoms with E-state index in [9.17, 15) is 9.59 Å². The van der Waals surface area contributed by atoms with Crippen LogP contribution in [0.2, 0.25) is 0 Å². The van der Waals surface area contributed by atoms with Crippen molar-refractivity contribution in [1.82, 2.24) is 19.9 Å². The van der Waals surface area contributed by atoms with Crippen LogP contribution in [0.25, 0.3) is 21.9 Å². The molecule has 0 saturated heterocycles. The van der Waals surface area contributed by atoms with Crippen LogP contribution in [-0.4, -0.2) is 33.6 Å². The number of hydrogen-bond acceptors (Lipinski definition) is 4. The molecule has 1 amide bonds. The van der Waals surface area contributed by atoms with E-state index < -0.39 is 0 Å². The summed E-state index contributed by atoms with van der Waals surface area (Å²) in [5.41, 5.74) is 1.82. The number of hydrogen-bond donors (Lipinski definition) is 3. The predicted octanol–water partition coefficient (Wildman–Crippen LogP) is 4.27. The molecule has 2 aromatic heterocycles. The fraction of sp³-hybridized carbons (Fsp3) is 0.522. The molecule has 1 aliphatic carbocycles. The van der Waals surface area contributed by atoms with Gasteiger partial charge in [-0.2, -0.15) is 0 Å². The number of nitrogens with one attached hydrogen (secondary N) is 3. The first-order valence-corrected chi connectivity index (χ1v) is 11.4. The average Bonchev–Trinajstić information content (AvgIpc) is 3.11. The third kappa shape index (κ3) is 4.26. The Morgan fingerprint density at radius 3 is 2.84 bits per heavy atom. The summed E-state index contributed by atoms with van der Waals surface area (Å²) < 4.78 is 7.18. The topological polar surface area (TPSA) is 91.9 Å². The Hall–Kier alpha value is -2.61. The van der Waals surface area contributed by atoms with Gasteiger partial charge in [0.05, 0.1) is 12.6 Å². The quantitative estimate of drug-likeness (QED) is 0.497. The van der Waals surface area contributed by atoms with Crippen LogP contribution in [0.3, 0.4) is 0 Å². The van der Waals surface area contributed by atoms with Crippen LogP contribution in [0.5, 0.6) is 5.75 Å². The molecule has 3 atom stereocenters. The third-order valence-electron chi connectivity index (χ3n) is 6.78. The Kier molecular flexibility index (Phi) is 6.18. The molecule has 31 heavy (non-hydrogen) atoms. The van der Waals surface area contributed by atoms with Gasteiger partial charge >= 0.3 is 0 Å². The number of aromatic nitrogens is 3. The second-order valence-electron chi connectivity index (χ2n) is 8.72. The molecule has 7 nitrogen and oxygen atoms in total. The van der Waals surface area contributed by atoms with Crippen LogP contribution in [0.15, 0.2) is 23.0 Å². The van der Waals surface area contributed by atoms with Gasteiger partial charge in [0.1, 0.15) is 11.3 Å². The molecular weight excluding hydrogens is 412 g/mol. The van der Waals surface area contributed by atoms with E-state index in [1.165, 1.54) is 11.0 Å². The molecule has 3 aromatic rings. The van der Waals surface area contributed by atoms with Gasteiger partial charge in [0.25, 0.3) is 5.56 Å². The summed E-state index contributed by atoms with van der Waals surface area (Å²) in [6.45, 7) is 4.87. The van der Waals surface area contributed by atoms with Crippen molar-refractivity contribution in [2.75, 3.05) is 7.11 Å². The van der Waals surface area contributed by atoms with Crippen molar-refractivity contribution in [3.05, 3.63) is 33.3 Å². The van der Waals surface area contributed by atoms with Gasteiger partial charge in [-0.05, 0) is 55.1 Å². The number of fused-ring (bicyclic) bond motifs is 3. The van der Waals surface area contributed by atoms with Crippen molar-refractivity contribution in [2.45, 2.75) is 58.5 Å². The summed E-state index contributed by atoms with van der Waals surface area (Å²) in [6, 6.07) is 5.85. The molecule has 0 radical (unpaired) electrons. The number of methoxy groups -OCH3 is 1. The minimum atomic E-state index is -0.177. The lowest BCUT2D eigenvalue weighted by atomic mass is 9.78. The minimum Gasteiger partial charge on any atom is -0.497 e. The molecule has 1 aliphatic rings. The van der Waals surface area contributed by atoms with Crippen LogP contribution >= 0.6 is 12.2 Å². The molecule has 1 aromatic carbocycles. The highest BCUT2D eigenvalue weighted by atomic mass is 32.1. The Morgan fingerprint density at radius 1 is 1.26 bits per heavy atom. The molecule has 2 heterocycles. The number of benzene rings is 1. The summed E-state index contributed by atoms with van der Waals surface area (Å²) in [5, 5.41) is 4.06. The number of H-pyrrole nitrogens is 2. The number of aromatic amines is 2. The van der Waals surface area contributed by atoms with E-state index >= 15 is 0 Å². The third-order valence-corrected chi connectivity index (χ3v) is 7.10. The molecule has 3 N–H and O–H groups in total. The lowest BCUT2D eigenvalue weighted by Gasteiger charge is -2.34. The van der Waals surface area contributed by atoms with Crippen LogP contribution in [0.4, 0.5) is 0 Å². The molecule has 0 bridgehead atoms. The molecule has 0 spiro atoms. The molecule has 1 saturated carbocycles. The minimum absolute atomic E-state index is 0.0488. The van der Waals surface area contributed by atoms with Gasteiger partial charge in [-0.3, -0.25) is 14.2 Å². The van der Waals surface area contributed by atoms with E-state index in [0.717, 1.165) is 23.7 Å². The lowest BCUT2D eigenvalue weighted by Crippen LogP contribution is -2.43. The predicted molar refractivity (Wildman–Crippen MR) is 125 cm³/mol. The highest BCUT2D eigenvalue weighted by molar-refractivity contribution is 7.71. The van der Waals surface area contributed by atoms with E-state index in [1.807, 2.05) is 18.2 Å². The second-order valence-corrected chi connectivity index (χ2v) is 9.11. The number of nitrogens with zero attached hydrogens (tertiary/aromatic N) is 1. The van der Waals surface area contributed by atoms with Crippen LogP contribution in [0.1, 0.15) is 46.0 Å². The maximum atomic E-state index is 13.1. The Labute approximate surface area is 186 Å². The number of amides is 1. The number of carbonyl (C=O) groups excluding carboxylic acids is 1. The Balaban J connectivity index is 1.47. The molecule has 0 unspecified atom stereocenters. The van der Waals surface area contributed by atoms with Gasteiger partial charge in [0.15, 0.2) is 4.77 Å². The van der Waals surface area contributed by atoms with Gasteiger partial charge in [-0.1, -0.05) is 26.7 Å². The maximum absolute atomic E-state index is 13.1. The van der Waals surface area contributed by atoms with Gasteiger partial charge in [-0.25, -0.2) is 0 Å². The van der Waals surface area contributed by atoms with E-state index in [-0.39, 0.29) is 17.5 Å². The fourth-order valence-corrected chi connectivity index (χ4v) is 4.93. The summed E-state index contributed by atoms with van der Waals surface area (Å²) in [4.78, 5) is 31.9. The zero-order valence-electron chi connectivity index (χ0n) is 18.3. The van der Waals surface area contributed by atoms with Crippen molar-refractivity contribution >= 4 is 40.1 Å². The zero-order chi connectivity index (χ0) is 22.1. The average molecular weight is 443 g/mol. The molecule has 0 aliphatic heterocycles. The van der Waals surface area contributed by atoms with Gasteiger partial charge in [-0.15, -0.1) is 0 Å². The van der Waals surface area contributed by atoms with E-state index in [0.29, 0.717) is 52.8 Å². The van der Waals surface area contributed by atoms with Crippen molar-refractivity contribution in [2.24, 2.45) is 11.8 Å². The summed E-state index contributed by atoms with van der Waals surface area (Å²) in [5.74, 6) is 1.90. The van der Waals surface area contributed by atoms with Crippen LogP contribution in [-0.2, 0) is 11.3 Å². The number of ether oxygens (including phenoxy) is 1. The largest absolute Gasteiger partial charge is 0.497 e. The molecule has 1 fully saturated rings. The van der Waals surface area contributed by atoms with Gasteiger partial charge < -0.3 is 20.0 Å². The Morgan fingerprint density at radius 2 is 2.06 bits per heavy atom. The zero-order valence-corrected chi connectivity index (χ0v) is 19.1. The Bertz CT molecular complexity index is 1230. The summed E-state index contributed by atoms with van der Waals surface area (Å²) >= 11 is 5.46. The first-order chi connectivity index (χ1) is 14.9. The van der Waals surface area contributed by atoms with Gasteiger partial charge in [0.2, 0.25) is 5.91 Å². The summed E-state index contributed by atoms with van der Waals surface area (Å²) in [6.07, 6.45) is 4.37. The maximum Gasteiger partial charge on any atom is 0.278 e. The van der Waals surface area contributed by atoms with Crippen LogP contribution in [0, 0.1) is 16.6 Å². The van der Waals surface area contributed by atoms with Gasteiger partial charge in [0, 0.05) is 29.9 Å². The number of carbonyl (C=O) groups is 1. The fourth-order valence-electron chi connectivity index (χ4n) is 4.66. The lowest BCUT2D eigenvalue weighted by molar-refractivity contribution is -0.122. The highest BCUT2D eigenvalue weighted by Gasteiger charge is 2.27. The normalized spacial score (nSPS) is 21.5. The molecule has 4 rings (SSSR count). The van der Waals surface area contributed by atoms with Crippen molar-refractivity contribution in [1.29, 1.82) is 0 Å². The monoisotopic (exact) mass is 442 g/mol. The first kappa shape index (κ1) is 21.6. The second kappa shape index (κ2) is 8.86.